The second-order valence-electron chi connectivity index (χ2n) is 23.1. The highest BCUT2D eigenvalue weighted by Gasteiger charge is 2.45. The van der Waals surface area contributed by atoms with Gasteiger partial charge in [0.1, 0.15) is 19.3 Å². The highest BCUT2D eigenvalue weighted by molar-refractivity contribution is 6.41. The van der Waals surface area contributed by atoms with Crippen LogP contribution < -0.4 is 14.8 Å². The Bertz CT molecular complexity index is 4850. The first-order valence-corrected chi connectivity index (χ1v) is 33.3. The van der Waals surface area contributed by atoms with Crippen LogP contribution in [0.2, 0.25) is 25.1 Å². The number of nitrogens with one attached hydrogen (secondary N) is 1. The van der Waals surface area contributed by atoms with Gasteiger partial charge in [-0.15, -0.1) is 0 Å². The van der Waals surface area contributed by atoms with Crippen molar-refractivity contribution in [3.05, 3.63) is 259 Å². The zero-order valence-electron chi connectivity index (χ0n) is 53.8. The molecular weight excluding hydrogens is 1420 g/mol. The molecule has 24 heteroatoms. The molecule has 1 fully saturated rings. The molecule has 0 spiro atoms. The van der Waals surface area contributed by atoms with Gasteiger partial charge in [-0.1, -0.05) is 167 Å². The number of carbonyl (C=O) groups is 5. The lowest BCUT2D eigenvalue weighted by Crippen LogP contribution is -2.50. The standard InChI is InChI=1S/C27H27ClF2N2O4.C14H11ClF2O2.C14H11ClO3.C12H7ClF2O2.C10H7Cl/c28-21-7-4-17-13-20(6-3-18(17)14-21)27(29,30)26(34)31-22(16-32-9-1-2-10-32)25(33)19-5-8-23-24(15-19)36-12-11-35-23;1-2-19-13(18)14(16,17)11-5-3-10-8-12(15)6-4-9(10)7-11;1-2-18-14(17)13(16)11-4-3-10-8-12(15)6-5-9(10)7-11;13-10-4-2-7-5-9(3-1-8(7)6-10)12(14,15)11(16)17;11-10-6-5-8-3-1-2-4-9(8)7-10/h3-8,13-15,22,25,33H,1-2,9-12,16H2,(H,31,34);3-8H,2H2,1H3;3-8H,2H2,1H3;1-6H,(H,16,17);1-7H/t22-,25-;;;;/m1..../s1. The number of carbonyl (C=O) groups excluding carboxylic acids is 4. The molecule has 101 heavy (non-hydrogen) atoms. The van der Waals surface area contributed by atoms with Crippen molar-refractivity contribution in [2.45, 2.75) is 56.6 Å². The number of carboxylic acid groups (broad SMARTS) is 1. The molecule has 2 aliphatic heterocycles. The number of benzene rings is 11. The molecule has 13 rings (SSSR count). The van der Waals surface area contributed by atoms with Crippen LogP contribution in [0.5, 0.6) is 11.5 Å². The van der Waals surface area contributed by atoms with Gasteiger partial charge in [-0.3, -0.25) is 9.59 Å². The van der Waals surface area contributed by atoms with E-state index >= 15 is 8.78 Å². The molecule has 11 aromatic carbocycles. The molecular formula is C77H63Cl5F6N2O11. The molecule has 2 atom stereocenters. The quantitative estimate of drug-likeness (QED) is 0.0384. The maximum atomic E-state index is 15.4. The molecule has 0 unspecified atom stereocenters. The number of ether oxygens (including phenoxy) is 4. The van der Waals surface area contributed by atoms with Crippen LogP contribution in [-0.4, -0.2) is 96.8 Å². The first-order valence-electron chi connectivity index (χ1n) is 31.4. The summed E-state index contributed by atoms with van der Waals surface area (Å²) in [5, 5.41) is 33.0. The third-order valence-corrected chi connectivity index (χ3v) is 17.3. The first-order chi connectivity index (χ1) is 48.1. The van der Waals surface area contributed by atoms with Crippen LogP contribution in [0.4, 0.5) is 26.3 Å². The number of amides is 1. The lowest BCUT2D eigenvalue weighted by atomic mass is 9.99. The Morgan fingerprint density at radius 3 is 1.35 bits per heavy atom. The molecule has 0 aromatic heterocycles. The Labute approximate surface area is 600 Å². The molecule has 1 amide bonds. The lowest BCUT2D eigenvalue weighted by Gasteiger charge is -2.30. The summed E-state index contributed by atoms with van der Waals surface area (Å²) < 4.78 is 105. The molecule has 0 radical (unpaired) electrons. The van der Waals surface area contributed by atoms with Gasteiger partial charge in [-0.25, -0.2) is 14.4 Å². The predicted molar refractivity (Wildman–Crippen MR) is 382 cm³/mol. The average Bonchev–Trinajstić information content (AvgIpc) is 1.01. The second-order valence-corrected chi connectivity index (χ2v) is 25.2. The zero-order valence-corrected chi connectivity index (χ0v) is 57.6. The fraction of sp³-hybridized carbons (Fsp3) is 0.208. The van der Waals surface area contributed by atoms with Gasteiger partial charge in [0.25, 0.3) is 11.7 Å². The number of hydrogen-bond donors (Lipinski definition) is 3. The normalized spacial score (nSPS) is 13.4. The molecule has 13 nitrogen and oxygen atoms in total. The number of ketones is 1. The second kappa shape index (κ2) is 34.0. The van der Waals surface area contributed by atoms with E-state index in [2.05, 4.69) is 31.8 Å². The maximum absolute atomic E-state index is 15.4. The van der Waals surface area contributed by atoms with Crippen LogP contribution in [0.15, 0.2) is 206 Å². The van der Waals surface area contributed by atoms with Gasteiger partial charge in [0.15, 0.2) is 11.5 Å². The first kappa shape index (κ1) is 76.0. The molecule has 11 aromatic rings. The summed E-state index contributed by atoms with van der Waals surface area (Å²) in [6.07, 6.45) is 0.746. The van der Waals surface area contributed by atoms with Crippen molar-refractivity contribution in [1.29, 1.82) is 0 Å². The van der Waals surface area contributed by atoms with E-state index in [1.165, 1.54) is 60.2 Å². The highest BCUT2D eigenvalue weighted by atomic mass is 35.5. The van der Waals surface area contributed by atoms with Crippen molar-refractivity contribution >= 4 is 141 Å². The molecule has 0 aliphatic carbocycles. The summed E-state index contributed by atoms with van der Waals surface area (Å²) in [5.41, 5.74) is -0.581. The van der Waals surface area contributed by atoms with E-state index in [4.69, 9.17) is 72.6 Å². The molecule has 1 saturated heterocycles. The Kier molecular flexibility index (Phi) is 25.6. The van der Waals surface area contributed by atoms with E-state index in [9.17, 15) is 46.6 Å². The fourth-order valence-corrected chi connectivity index (χ4v) is 11.8. The van der Waals surface area contributed by atoms with Crippen LogP contribution in [0, 0.1) is 0 Å². The molecule has 524 valence electrons. The Hall–Kier alpha value is -9.18. The van der Waals surface area contributed by atoms with Gasteiger partial charge < -0.3 is 39.4 Å². The summed E-state index contributed by atoms with van der Waals surface area (Å²) in [5.74, 6) is -16.9. The molecule has 2 aliphatic rings. The SMILES string of the molecule is CCOC(=O)C(=O)c1ccc2cc(Cl)ccc2c1.CCOC(=O)C(F)(F)c1ccc2cc(Cl)ccc2c1.Clc1ccc2ccccc2c1.O=C(N[C@H](CN1CCCC1)[C@H](O)c1ccc2c(c1)OCCO2)C(F)(F)c1ccc2cc(Cl)ccc2c1.O=C(O)C(F)(F)c1ccc2cc(Cl)ccc2c1. The number of nitrogens with zero attached hydrogens (tertiary/aromatic N) is 1. The minimum atomic E-state index is -3.88. The van der Waals surface area contributed by atoms with E-state index in [0.717, 1.165) is 59.2 Å². The number of fused-ring (bicyclic) bond motifs is 6. The minimum absolute atomic E-state index is 0.0857. The summed E-state index contributed by atoms with van der Waals surface area (Å²) in [7, 11) is 0. The molecule has 0 saturated carbocycles. The topological polar surface area (TPSA) is 178 Å². The fourth-order valence-electron chi connectivity index (χ4n) is 10.9. The summed E-state index contributed by atoms with van der Waals surface area (Å²) >= 11 is 29.3. The largest absolute Gasteiger partial charge is 0.486 e. The Morgan fingerprint density at radius 1 is 0.475 bits per heavy atom. The number of carboxylic acids is 1. The van der Waals surface area contributed by atoms with Gasteiger partial charge in [0.05, 0.1) is 19.3 Å². The zero-order chi connectivity index (χ0) is 72.8. The van der Waals surface area contributed by atoms with Crippen molar-refractivity contribution in [2.75, 3.05) is 46.1 Å². The summed E-state index contributed by atoms with van der Waals surface area (Å²) in [4.78, 5) is 59.8. The van der Waals surface area contributed by atoms with Gasteiger partial charge in [0, 0.05) is 53.9 Å². The van der Waals surface area contributed by atoms with E-state index in [0.29, 0.717) is 82.9 Å². The maximum Gasteiger partial charge on any atom is 0.381 e. The summed E-state index contributed by atoms with van der Waals surface area (Å²) in [6, 6.07) is 54.7. The monoisotopic (exact) mass is 1480 g/mol. The van der Waals surface area contributed by atoms with Crippen LogP contribution in [0.1, 0.15) is 65.4 Å². The Balaban J connectivity index is 0.000000157. The van der Waals surface area contributed by atoms with E-state index in [1.807, 2.05) is 30.3 Å². The van der Waals surface area contributed by atoms with Crippen LogP contribution in [0.25, 0.3) is 53.9 Å². The third-order valence-electron chi connectivity index (χ3n) is 16.1. The van der Waals surface area contributed by atoms with Gasteiger partial charge >= 0.3 is 35.7 Å². The van der Waals surface area contributed by atoms with Gasteiger partial charge in [0.2, 0.25) is 0 Å². The van der Waals surface area contributed by atoms with E-state index in [-0.39, 0.29) is 25.3 Å². The molecule has 3 N–H and O–H groups in total. The van der Waals surface area contributed by atoms with Crippen LogP contribution in [0.3, 0.4) is 0 Å². The third kappa shape index (κ3) is 19.5. The van der Waals surface area contributed by atoms with Crippen LogP contribution >= 0.6 is 58.0 Å². The number of aliphatic hydroxyl groups is 1. The number of aliphatic carboxylic acids is 1. The highest BCUT2D eigenvalue weighted by Crippen LogP contribution is 2.38. The van der Waals surface area contributed by atoms with E-state index < -0.39 is 70.6 Å². The number of esters is 2. The number of halogens is 11. The number of Topliss-reactive ketones (excluding diaryl/α,β-unsaturated/α-hetero) is 1. The van der Waals surface area contributed by atoms with Crippen molar-refractivity contribution in [2.24, 2.45) is 0 Å². The van der Waals surface area contributed by atoms with Crippen LogP contribution in [-0.2, 0) is 46.4 Å². The predicted octanol–water partition coefficient (Wildman–Crippen LogP) is 19.2. The molecule has 2 heterocycles. The van der Waals surface area contributed by atoms with Crippen molar-refractivity contribution in [1.82, 2.24) is 10.2 Å². The van der Waals surface area contributed by atoms with Gasteiger partial charge in [-0.05, 0) is 196 Å². The van der Waals surface area contributed by atoms with Crippen molar-refractivity contribution in [3.63, 3.8) is 0 Å². The summed E-state index contributed by atoms with van der Waals surface area (Å²) in [6.45, 7) is 5.86. The number of aliphatic hydroxyl groups excluding tert-OH is 1. The number of likely N-dealkylation sites (tertiary alicyclic amines) is 1. The number of alkyl halides is 6. The Morgan fingerprint density at radius 2 is 0.871 bits per heavy atom. The number of rotatable bonds is 15. The van der Waals surface area contributed by atoms with Crippen molar-refractivity contribution < 1.29 is 79.5 Å². The smallest absolute Gasteiger partial charge is 0.381 e. The molecule has 0 bridgehead atoms. The van der Waals surface area contributed by atoms with E-state index in [1.54, 1.807) is 116 Å². The lowest BCUT2D eigenvalue weighted by molar-refractivity contribution is -0.173. The van der Waals surface area contributed by atoms with Gasteiger partial charge in [-0.2, -0.15) is 26.3 Å². The average molecular weight is 1480 g/mol. The minimum Gasteiger partial charge on any atom is -0.486 e. The number of hydrogen-bond acceptors (Lipinski definition) is 11. The van der Waals surface area contributed by atoms with Crippen molar-refractivity contribution in [3.8, 4) is 11.5 Å².